The van der Waals surface area contributed by atoms with Crippen molar-refractivity contribution in [1.82, 2.24) is 23.1 Å². The first kappa shape index (κ1) is 22.8. The molecule has 0 aliphatic carbocycles. The van der Waals surface area contributed by atoms with Crippen LogP contribution in [0.3, 0.4) is 0 Å². The normalized spacial score (nSPS) is 11.5. The van der Waals surface area contributed by atoms with Crippen molar-refractivity contribution in [2.24, 2.45) is 14.1 Å². The van der Waals surface area contributed by atoms with E-state index in [1.54, 1.807) is 11.4 Å². The zero-order valence-electron chi connectivity index (χ0n) is 19.8. The Bertz CT molecular complexity index is 1690. The third kappa shape index (κ3) is 3.59. The van der Waals surface area contributed by atoms with Crippen molar-refractivity contribution in [2.75, 3.05) is 13.2 Å². The van der Waals surface area contributed by atoms with E-state index < -0.39 is 11.2 Å². The van der Waals surface area contributed by atoms with E-state index in [0.29, 0.717) is 40.9 Å². The van der Waals surface area contributed by atoms with Gasteiger partial charge in [-0.15, -0.1) is 0 Å². The van der Waals surface area contributed by atoms with Gasteiger partial charge in [0.2, 0.25) is 5.78 Å². The summed E-state index contributed by atoms with van der Waals surface area (Å²) in [5, 5.41) is 0.476. The lowest BCUT2D eigenvalue weighted by Gasteiger charge is -2.12. The molecule has 180 valence electrons. The van der Waals surface area contributed by atoms with E-state index >= 15 is 0 Å². The summed E-state index contributed by atoms with van der Waals surface area (Å²) in [6, 6.07) is 13.1. The van der Waals surface area contributed by atoms with E-state index in [1.807, 2.05) is 67.1 Å². The lowest BCUT2D eigenvalue weighted by Crippen LogP contribution is -2.37. The molecule has 0 fully saturated rings. The molecule has 3 aromatic heterocycles. The van der Waals surface area contributed by atoms with Gasteiger partial charge in [-0.2, -0.15) is 4.98 Å². The molecule has 0 amide bonds. The van der Waals surface area contributed by atoms with Crippen molar-refractivity contribution < 1.29 is 9.47 Å². The number of rotatable bonds is 6. The number of halogens is 1. The Balaban J connectivity index is 1.84. The molecule has 10 heteroatoms. The van der Waals surface area contributed by atoms with Crippen molar-refractivity contribution >= 4 is 28.5 Å². The van der Waals surface area contributed by atoms with Gasteiger partial charge < -0.3 is 9.47 Å². The minimum Gasteiger partial charge on any atom is -0.494 e. The second-order valence-corrected chi connectivity index (χ2v) is 8.42. The number of aromatic nitrogens is 5. The molecule has 5 aromatic rings. The second kappa shape index (κ2) is 8.66. The van der Waals surface area contributed by atoms with Gasteiger partial charge in [-0.3, -0.25) is 22.9 Å². The monoisotopic (exact) mass is 493 g/mol. The Morgan fingerprint density at radius 2 is 1.66 bits per heavy atom. The average Bonchev–Trinajstić information content (AvgIpc) is 3.40. The fourth-order valence-corrected chi connectivity index (χ4v) is 4.46. The number of ether oxygens (including phenoxy) is 2. The third-order valence-corrected chi connectivity index (χ3v) is 6.19. The quantitative estimate of drug-likeness (QED) is 0.359. The molecule has 0 bridgehead atoms. The molecule has 0 radical (unpaired) electrons. The summed E-state index contributed by atoms with van der Waals surface area (Å²) >= 11 is 6.50. The molecule has 0 aliphatic heterocycles. The first-order valence-corrected chi connectivity index (χ1v) is 11.6. The van der Waals surface area contributed by atoms with Crippen molar-refractivity contribution in [1.29, 1.82) is 0 Å². The highest BCUT2D eigenvalue weighted by atomic mass is 35.5. The van der Waals surface area contributed by atoms with Gasteiger partial charge in [0.1, 0.15) is 11.5 Å². The highest BCUT2D eigenvalue weighted by Crippen LogP contribution is 2.34. The number of hydrogen-bond donors (Lipinski definition) is 0. The van der Waals surface area contributed by atoms with Gasteiger partial charge in [0, 0.05) is 31.5 Å². The van der Waals surface area contributed by atoms with Crippen molar-refractivity contribution in [2.45, 2.75) is 13.8 Å². The summed E-state index contributed by atoms with van der Waals surface area (Å²) in [6.07, 6.45) is 1.83. The van der Waals surface area contributed by atoms with Crippen LogP contribution in [0.15, 0.2) is 58.3 Å². The Morgan fingerprint density at radius 3 is 2.31 bits per heavy atom. The molecule has 0 spiro atoms. The minimum atomic E-state index is -0.436. The SMILES string of the molecule is CCOc1ccc(-n2c(-c3ccc(OCC)c(Cl)c3)cn3c4c(=O)n(C)c(=O)n(C)c4nc23)cc1. The number of benzene rings is 2. The molecule has 0 aliphatic rings. The highest BCUT2D eigenvalue weighted by molar-refractivity contribution is 6.32. The Labute approximate surface area is 205 Å². The van der Waals surface area contributed by atoms with Crippen LogP contribution in [0.2, 0.25) is 5.02 Å². The van der Waals surface area contributed by atoms with E-state index in [9.17, 15) is 9.59 Å². The molecule has 5 rings (SSSR count). The topological polar surface area (TPSA) is 84.7 Å². The van der Waals surface area contributed by atoms with Crippen LogP contribution in [0.1, 0.15) is 13.8 Å². The van der Waals surface area contributed by atoms with E-state index in [4.69, 9.17) is 26.1 Å². The molecule has 3 heterocycles. The van der Waals surface area contributed by atoms with Gasteiger partial charge in [0.05, 0.1) is 23.9 Å². The molecular formula is C25H24ClN5O4. The number of aryl methyl sites for hydroxylation is 1. The first-order chi connectivity index (χ1) is 16.8. The first-order valence-electron chi connectivity index (χ1n) is 11.2. The van der Waals surface area contributed by atoms with Crippen molar-refractivity contribution in [3.05, 3.63) is 74.5 Å². The smallest absolute Gasteiger partial charge is 0.332 e. The molecule has 2 aromatic carbocycles. The van der Waals surface area contributed by atoms with Gasteiger partial charge in [-0.25, -0.2) is 4.79 Å². The maximum absolute atomic E-state index is 13.1. The number of fused-ring (bicyclic) bond motifs is 3. The summed E-state index contributed by atoms with van der Waals surface area (Å²) in [6.45, 7) is 4.89. The Morgan fingerprint density at radius 1 is 0.943 bits per heavy atom. The van der Waals surface area contributed by atoms with Crippen LogP contribution in [-0.4, -0.2) is 36.3 Å². The van der Waals surface area contributed by atoms with Crippen LogP contribution in [0, 0.1) is 0 Å². The standard InChI is InChI=1S/C25H24ClN5O4/c1-5-34-17-10-8-16(9-11-17)31-19(15-7-12-20(35-6-2)18(26)13-15)14-30-21-22(27-24(30)31)28(3)25(33)29(4)23(21)32/h7-14H,5-6H2,1-4H3. The molecule has 0 saturated heterocycles. The van der Waals surface area contributed by atoms with Crippen LogP contribution in [0.5, 0.6) is 11.5 Å². The maximum atomic E-state index is 13.1. The van der Waals surface area contributed by atoms with Gasteiger partial charge in [0.25, 0.3) is 5.56 Å². The lowest BCUT2D eigenvalue weighted by atomic mass is 10.1. The predicted octanol–water partition coefficient (Wildman–Crippen LogP) is 3.79. The largest absolute Gasteiger partial charge is 0.494 e. The number of hydrogen-bond acceptors (Lipinski definition) is 5. The fraction of sp³-hybridized carbons (Fsp3) is 0.240. The maximum Gasteiger partial charge on any atom is 0.332 e. The molecule has 0 unspecified atom stereocenters. The summed E-state index contributed by atoms with van der Waals surface area (Å²) < 4.78 is 17.3. The summed E-state index contributed by atoms with van der Waals surface area (Å²) in [7, 11) is 3.06. The second-order valence-electron chi connectivity index (χ2n) is 8.01. The van der Waals surface area contributed by atoms with E-state index in [1.165, 1.54) is 11.6 Å². The Hall–Kier alpha value is -3.98. The highest BCUT2D eigenvalue weighted by Gasteiger charge is 2.22. The van der Waals surface area contributed by atoms with Gasteiger partial charge in [0.15, 0.2) is 11.2 Å². The number of imidazole rings is 2. The fourth-order valence-electron chi connectivity index (χ4n) is 4.22. The van der Waals surface area contributed by atoms with Crippen LogP contribution in [-0.2, 0) is 14.1 Å². The molecular weight excluding hydrogens is 470 g/mol. The number of nitrogens with zero attached hydrogens (tertiary/aromatic N) is 5. The Kier molecular flexibility index (Phi) is 5.64. The molecule has 35 heavy (non-hydrogen) atoms. The zero-order chi connectivity index (χ0) is 24.9. The molecule has 0 atom stereocenters. The summed E-state index contributed by atoms with van der Waals surface area (Å²) in [5.41, 5.74) is 2.15. The van der Waals surface area contributed by atoms with E-state index in [-0.39, 0.29) is 0 Å². The van der Waals surface area contributed by atoms with Crippen molar-refractivity contribution in [3.63, 3.8) is 0 Å². The van der Waals surface area contributed by atoms with Crippen LogP contribution >= 0.6 is 11.6 Å². The lowest BCUT2D eigenvalue weighted by molar-refractivity contribution is 0.340. The molecule has 0 saturated carbocycles. The predicted molar refractivity (Wildman–Crippen MR) is 135 cm³/mol. The van der Waals surface area contributed by atoms with Gasteiger partial charge >= 0.3 is 5.69 Å². The van der Waals surface area contributed by atoms with Crippen LogP contribution < -0.4 is 20.7 Å². The van der Waals surface area contributed by atoms with Crippen molar-refractivity contribution in [3.8, 4) is 28.4 Å². The summed E-state index contributed by atoms with van der Waals surface area (Å²) in [4.78, 5) is 30.3. The van der Waals surface area contributed by atoms with E-state index in [0.717, 1.165) is 27.3 Å². The minimum absolute atomic E-state index is 0.309. The van der Waals surface area contributed by atoms with Gasteiger partial charge in [-0.05, 0) is 56.3 Å². The van der Waals surface area contributed by atoms with Gasteiger partial charge in [-0.1, -0.05) is 11.6 Å². The summed E-state index contributed by atoms with van der Waals surface area (Å²) in [5.74, 6) is 1.83. The van der Waals surface area contributed by atoms with Crippen LogP contribution in [0.25, 0.3) is 33.9 Å². The van der Waals surface area contributed by atoms with E-state index in [2.05, 4.69) is 0 Å². The molecule has 9 nitrogen and oxygen atoms in total. The molecule has 0 N–H and O–H groups in total. The average molecular weight is 494 g/mol. The third-order valence-electron chi connectivity index (χ3n) is 5.90. The van der Waals surface area contributed by atoms with Crippen LogP contribution in [0.4, 0.5) is 0 Å². The zero-order valence-corrected chi connectivity index (χ0v) is 20.5.